The predicted molar refractivity (Wildman–Crippen MR) is 66.5 cm³/mol. The van der Waals surface area contributed by atoms with Crippen LogP contribution in [0, 0.1) is 11.8 Å². The van der Waals surface area contributed by atoms with E-state index in [-0.39, 0.29) is 0 Å². The lowest BCUT2D eigenvalue weighted by Gasteiger charge is -2.24. The highest BCUT2D eigenvalue weighted by molar-refractivity contribution is 9.09. The zero-order valence-electron chi connectivity index (χ0n) is 9.88. The van der Waals surface area contributed by atoms with Gasteiger partial charge in [-0.05, 0) is 31.1 Å². The number of halogens is 1. The van der Waals surface area contributed by atoms with Crippen molar-refractivity contribution in [2.24, 2.45) is 11.8 Å². The third-order valence-corrected chi connectivity index (χ3v) is 3.88. The van der Waals surface area contributed by atoms with Gasteiger partial charge in [0.2, 0.25) is 0 Å². The van der Waals surface area contributed by atoms with Gasteiger partial charge in [0.05, 0.1) is 19.3 Å². The highest BCUT2D eigenvalue weighted by atomic mass is 79.9. The third kappa shape index (κ3) is 5.32. The molecule has 2 nitrogen and oxygen atoms in total. The van der Waals surface area contributed by atoms with Crippen molar-refractivity contribution < 1.29 is 9.47 Å². The lowest BCUT2D eigenvalue weighted by molar-refractivity contribution is -0.0478. The van der Waals surface area contributed by atoms with E-state index < -0.39 is 0 Å². The van der Waals surface area contributed by atoms with Gasteiger partial charge < -0.3 is 9.47 Å². The Kier molecular flexibility index (Phi) is 6.86. The molecule has 1 saturated heterocycles. The van der Waals surface area contributed by atoms with E-state index in [1.807, 2.05) is 0 Å². The van der Waals surface area contributed by atoms with Crippen LogP contribution in [0.1, 0.15) is 33.1 Å². The molecule has 0 aliphatic carbocycles. The molecule has 0 radical (unpaired) electrons. The molecule has 0 aromatic rings. The number of hydrogen-bond acceptors (Lipinski definition) is 2. The number of ether oxygens (including phenoxy) is 2. The van der Waals surface area contributed by atoms with E-state index in [4.69, 9.17) is 9.47 Å². The van der Waals surface area contributed by atoms with E-state index in [1.165, 1.54) is 19.3 Å². The van der Waals surface area contributed by atoms with Crippen molar-refractivity contribution in [3.8, 4) is 0 Å². The summed E-state index contributed by atoms with van der Waals surface area (Å²) in [5, 5.41) is 1.02. The summed E-state index contributed by atoms with van der Waals surface area (Å²) in [4.78, 5) is 0. The maximum absolute atomic E-state index is 5.73. The monoisotopic (exact) mass is 278 g/mol. The Hall–Kier alpha value is 0.400. The molecular weight excluding hydrogens is 256 g/mol. The Bertz CT molecular complexity index is 156. The fraction of sp³-hybridized carbons (Fsp3) is 1.00. The van der Waals surface area contributed by atoms with Crippen LogP contribution in [0.2, 0.25) is 0 Å². The van der Waals surface area contributed by atoms with Gasteiger partial charge in [0, 0.05) is 11.9 Å². The SMILES string of the molecule is CC(C)C(CBr)COCC1CCCCO1. The Morgan fingerprint density at radius 1 is 1.40 bits per heavy atom. The van der Waals surface area contributed by atoms with Crippen molar-refractivity contribution >= 4 is 15.9 Å². The molecular formula is C12H23BrO2. The number of rotatable bonds is 6. The smallest absolute Gasteiger partial charge is 0.0808 e. The summed E-state index contributed by atoms with van der Waals surface area (Å²) in [5.74, 6) is 1.30. The molecule has 0 N–H and O–H groups in total. The maximum atomic E-state index is 5.73. The molecule has 1 fully saturated rings. The van der Waals surface area contributed by atoms with E-state index in [9.17, 15) is 0 Å². The second kappa shape index (κ2) is 7.64. The largest absolute Gasteiger partial charge is 0.378 e. The Balaban J connectivity index is 2.08. The fourth-order valence-electron chi connectivity index (χ4n) is 1.70. The van der Waals surface area contributed by atoms with Gasteiger partial charge in [0.25, 0.3) is 0 Å². The molecule has 3 heteroatoms. The van der Waals surface area contributed by atoms with Crippen molar-refractivity contribution in [2.75, 3.05) is 25.2 Å². The van der Waals surface area contributed by atoms with Crippen LogP contribution in [0.25, 0.3) is 0 Å². The molecule has 1 rings (SSSR count). The predicted octanol–water partition coefficient (Wildman–Crippen LogP) is 3.24. The zero-order valence-corrected chi connectivity index (χ0v) is 11.5. The van der Waals surface area contributed by atoms with E-state index >= 15 is 0 Å². The standard InChI is InChI=1S/C12H23BrO2/c1-10(2)11(7-13)8-14-9-12-5-3-4-6-15-12/h10-12H,3-9H2,1-2H3. The average molecular weight is 279 g/mol. The van der Waals surface area contributed by atoms with Crippen LogP contribution in [-0.2, 0) is 9.47 Å². The van der Waals surface area contributed by atoms with E-state index in [2.05, 4.69) is 29.8 Å². The summed E-state index contributed by atoms with van der Waals surface area (Å²) in [7, 11) is 0. The summed E-state index contributed by atoms with van der Waals surface area (Å²) >= 11 is 3.53. The summed E-state index contributed by atoms with van der Waals surface area (Å²) in [5.41, 5.74) is 0. The first-order valence-electron chi connectivity index (χ1n) is 5.99. The first-order valence-corrected chi connectivity index (χ1v) is 7.11. The van der Waals surface area contributed by atoms with Gasteiger partial charge in [0.1, 0.15) is 0 Å². The molecule has 1 aliphatic heterocycles. The van der Waals surface area contributed by atoms with Crippen molar-refractivity contribution in [1.29, 1.82) is 0 Å². The molecule has 90 valence electrons. The van der Waals surface area contributed by atoms with Crippen LogP contribution in [0.5, 0.6) is 0 Å². The molecule has 15 heavy (non-hydrogen) atoms. The van der Waals surface area contributed by atoms with Gasteiger partial charge in [-0.2, -0.15) is 0 Å². The molecule has 0 aromatic carbocycles. The van der Waals surface area contributed by atoms with E-state index in [0.717, 1.165) is 25.2 Å². The highest BCUT2D eigenvalue weighted by Crippen LogP contribution is 2.16. The molecule has 0 saturated carbocycles. The lowest BCUT2D eigenvalue weighted by atomic mass is 9.99. The van der Waals surface area contributed by atoms with Gasteiger partial charge in [-0.15, -0.1) is 0 Å². The minimum Gasteiger partial charge on any atom is -0.378 e. The van der Waals surface area contributed by atoms with Crippen molar-refractivity contribution in [2.45, 2.75) is 39.2 Å². The van der Waals surface area contributed by atoms with Crippen LogP contribution in [0.4, 0.5) is 0 Å². The average Bonchev–Trinajstić information content (AvgIpc) is 2.25. The summed E-state index contributed by atoms with van der Waals surface area (Å²) in [6.45, 7) is 7.03. The van der Waals surface area contributed by atoms with Crippen LogP contribution in [0.3, 0.4) is 0 Å². The first-order chi connectivity index (χ1) is 7.24. The molecule has 1 aliphatic rings. The fourth-order valence-corrected chi connectivity index (χ4v) is 2.64. The molecule has 0 amide bonds. The Morgan fingerprint density at radius 3 is 2.73 bits per heavy atom. The second-order valence-electron chi connectivity index (χ2n) is 4.68. The molecule has 0 spiro atoms. The molecule has 1 heterocycles. The van der Waals surface area contributed by atoms with Gasteiger partial charge in [-0.25, -0.2) is 0 Å². The van der Waals surface area contributed by atoms with E-state index in [0.29, 0.717) is 17.9 Å². The minimum absolute atomic E-state index is 0.349. The van der Waals surface area contributed by atoms with Crippen LogP contribution in [0.15, 0.2) is 0 Å². The topological polar surface area (TPSA) is 18.5 Å². The van der Waals surface area contributed by atoms with Gasteiger partial charge >= 0.3 is 0 Å². The van der Waals surface area contributed by atoms with Gasteiger partial charge in [-0.1, -0.05) is 29.8 Å². The summed E-state index contributed by atoms with van der Waals surface area (Å²) in [6.07, 6.45) is 4.02. The third-order valence-electron chi connectivity index (χ3n) is 3.05. The van der Waals surface area contributed by atoms with E-state index in [1.54, 1.807) is 0 Å². The first kappa shape index (κ1) is 13.5. The quantitative estimate of drug-likeness (QED) is 0.695. The molecule has 2 atom stereocenters. The maximum Gasteiger partial charge on any atom is 0.0808 e. The second-order valence-corrected chi connectivity index (χ2v) is 5.33. The van der Waals surface area contributed by atoms with Crippen molar-refractivity contribution in [3.63, 3.8) is 0 Å². The summed E-state index contributed by atoms with van der Waals surface area (Å²) < 4.78 is 11.3. The van der Waals surface area contributed by atoms with Crippen molar-refractivity contribution in [1.82, 2.24) is 0 Å². The van der Waals surface area contributed by atoms with Crippen LogP contribution < -0.4 is 0 Å². The zero-order chi connectivity index (χ0) is 11.1. The molecule has 0 bridgehead atoms. The van der Waals surface area contributed by atoms with Crippen molar-refractivity contribution in [3.05, 3.63) is 0 Å². The van der Waals surface area contributed by atoms with Crippen LogP contribution >= 0.6 is 15.9 Å². The molecule has 2 unspecified atom stereocenters. The Labute approximate surface area is 102 Å². The normalized spacial score (nSPS) is 24.4. The molecule has 0 aromatic heterocycles. The lowest BCUT2D eigenvalue weighted by Crippen LogP contribution is -2.27. The number of hydrogen-bond donors (Lipinski definition) is 0. The summed E-state index contributed by atoms with van der Waals surface area (Å²) in [6, 6.07) is 0. The van der Waals surface area contributed by atoms with Crippen LogP contribution in [-0.4, -0.2) is 31.3 Å². The highest BCUT2D eigenvalue weighted by Gasteiger charge is 2.16. The minimum atomic E-state index is 0.349. The van der Waals surface area contributed by atoms with Gasteiger partial charge in [0.15, 0.2) is 0 Å². The Morgan fingerprint density at radius 2 is 2.20 bits per heavy atom. The van der Waals surface area contributed by atoms with Gasteiger partial charge in [-0.3, -0.25) is 0 Å². The number of alkyl halides is 1.